The van der Waals surface area contributed by atoms with Gasteiger partial charge in [0.1, 0.15) is 12.6 Å². The first-order chi connectivity index (χ1) is 16.4. The topological polar surface area (TPSA) is 95.9 Å². The van der Waals surface area contributed by atoms with E-state index in [9.17, 15) is 19.5 Å². The number of carbonyl (C=O) groups is 3. The van der Waals surface area contributed by atoms with E-state index in [-0.39, 0.29) is 30.4 Å². The predicted molar refractivity (Wildman–Crippen MR) is 126 cm³/mol. The van der Waals surface area contributed by atoms with Crippen LogP contribution in [0.4, 0.5) is 4.79 Å². The number of benzene rings is 2. The number of alkyl carbamates (subject to hydrolysis) is 1. The standard InChI is InChI=1S/C27H30N2O5/c1-3-29(16(2)24(30)31)25(32)27-13-17(27)12-18(14-27)28-26(33)34-15-23-21-10-6-4-8-19(21)20-9-5-7-11-22(20)23/h4-11,16-18,23H,3,12-15H2,1-2H3,(H,28,33)(H,30,31)/t16?,17-,18+,27+/m1/s1. The molecule has 4 atom stereocenters. The third kappa shape index (κ3) is 3.63. The first-order valence-electron chi connectivity index (χ1n) is 12.0. The Morgan fingerprint density at radius 3 is 2.29 bits per heavy atom. The van der Waals surface area contributed by atoms with Crippen molar-refractivity contribution < 1.29 is 24.2 Å². The van der Waals surface area contributed by atoms with Crippen LogP contribution in [-0.4, -0.2) is 53.2 Å². The van der Waals surface area contributed by atoms with Crippen molar-refractivity contribution in [3.63, 3.8) is 0 Å². The molecule has 0 aromatic heterocycles. The van der Waals surface area contributed by atoms with E-state index in [1.54, 1.807) is 13.8 Å². The summed E-state index contributed by atoms with van der Waals surface area (Å²) in [6.45, 7) is 3.94. The third-order valence-electron chi connectivity index (χ3n) is 7.93. The van der Waals surface area contributed by atoms with Crippen LogP contribution in [0, 0.1) is 11.3 Å². The number of carbonyl (C=O) groups excluding carboxylic acids is 2. The summed E-state index contributed by atoms with van der Waals surface area (Å²) in [5.41, 5.74) is 4.14. The fraction of sp³-hybridized carbons (Fsp3) is 0.444. The van der Waals surface area contributed by atoms with Crippen LogP contribution in [-0.2, 0) is 14.3 Å². The molecule has 2 saturated carbocycles. The lowest BCUT2D eigenvalue weighted by molar-refractivity contribution is -0.152. The predicted octanol–water partition coefficient (Wildman–Crippen LogP) is 4.02. The summed E-state index contributed by atoms with van der Waals surface area (Å²) in [5.74, 6) is -0.922. The van der Waals surface area contributed by atoms with Gasteiger partial charge >= 0.3 is 12.1 Å². The number of fused-ring (bicyclic) bond motifs is 4. The molecule has 0 heterocycles. The lowest BCUT2D eigenvalue weighted by atomic mass is 9.98. The summed E-state index contributed by atoms with van der Waals surface area (Å²) in [7, 11) is 0. The molecule has 0 saturated heterocycles. The second kappa shape index (κ2) is 8.46. The molecule has 7 heteroatoms. The summed E-state index contributed by atoms with van der Waals surface area (Å²) in [4.78, 5) is 38.7. The maximum Gasteiger partial charge on any atom is 0.407 e. The quantitative estimate of drug-likeness (QED) is 0.648. The van der Waals surface area contributed by atoms with Crippen molar-refractivity contribution in [1.82, 2.24) is 10.2 Å². The number of likely N-dealkylation sites (N-methyl/N-ethyl adjacent to an activating group) is 1. The molecule has 34 heavy (non-hydrogen) atoms. The lowest BCUT2D eigenvalue weighted by Crippen LogP contribution is -2.47. The average molecular weight is 463 g/mol. The zero-order valence-electron chi connectivity index (χ0n) is 19.5. The lowest BCUT2D eigenvalue weighted by Gasteiger charge is -2.29. The van der Waals surface area contributed by atoms with Gasteiger partial charge in [0.15, 0.2) is 0 Å². The number of aliphatic carboxylic acids is 1. The van der Waals surface area contributed by atoms with Crippen LogP contribution >= 0.6 is 0 Å². The highest BCUT2D eigenvalue weighted by Gasteiger charge is 2.66. The van der Waals surface area contributed by atoms with E-state index < -0.39 is 23.5 Å². The molecule has 178 valence electrons. The Morgan fingerprint density at radius 2 is 1.71 bits per heavy atom. The van der Waals surface area contributed by atoms with Crippen molar-refractivity contribution in [3.8, 4) is 11.1 Å². The summed E-state index contributed by atoms with van der Waals surface area (Å²) in [6, 6.07) is 15.4. The monoisotopic (exact) mass is 462 g/mol. The van der Waals surface area contributed by atoms with E-state index in [1.807, 2.05) is 24.3 Å². The Bertz CT molecular complexity index is 1100. The molecule has 0 spiro atoms. The molecule has 0 aliphatic heterocycles. The molecule has 2 aromatic rings. The third-order valence-corrected chi connectivity index (χ3v) is 7.93. The molecule has 0 radical (unpaired) electrons. The molecule has 5 rings (SSSR count). The van der Waals surface area contributed by atoms with E-state index >= 15 is 0 Å². The van der Waals surface area contributed by atoms with Crippen molar-refractivity contribution >= 4 is 18.0 Å². The number of carboxylic acids is 1. The fourth-order valence-electron chi connectivity index (χ4n) is 6.08. The van der Waals surface area contributed by atoms with Gasteiger partial charge in [0, 0.05) is 18.5 Å². The van der Waals surface area contributed by atoms with E-state index in [0.29, 0.717) is 13.0 Å². The van der Waals surface area contributed by atoms with Crippen molar-refractivity contribution in [1.29, 1.82) is 0 Å². The number of rotatable bonds is 7. The largest absolute Gasteiger partial charge is 0.480 e. The maximum absolute atomic E-state index is 13.2. The van der Waals surface area contributed by atoms with Crippen LogP contribution in [0.15, 0.2) is 48.5 Å². The van der Waals surface area contributed by atoms with Gasteiger partial charge in [-0.15, -0.1) is 0 Å². The van der Waals surface area contributed by atoms with Crippen molar-refractivity contribution in [2.24, 2.45) is 11.3 Å². The van der Waals surface area contributed by atoms with Crippen LogP contribution in [0.2, 0.25) is 0 Å². The SMILES string of the molecule is CCN(C(=O)[C@@]12C[C@@H](NC(=O)OCC3c4ccccc4-c4ccccc43)C[C@@H]1C2)C(C)C(=O)O. The molecular weight excluding hydrogens is 432 g/mol. The van der Waals surface area contributed by atoms with Crippen LogP contribution < -0.4 is 5.32 Å². The molecule has 7 nitrogen and oxygen atoms in total. The number of carboxylic acid groups (broad SMARTS) is 1. The Morgan fingerprint density at radius 1 is 1.09 bits per heavy atom. The first-order valence-corrected chi connectivity index (χ1v) is 12.0. The highest BCUT2D eigenvalue weighted by atomic mass is 16.5. The minimum atomic E-state index is -1.00. The molecule has 0 bridgehead atoms. The van der Waals surface area contributed by atoms with Gasteiger partial charge in [-0.25, -0.2) is 9.59 Å². The number of ether oxygens (including phenoxy) is 1. The van der Waals surface area contributed by atoms with Gasteiger partial charge < -0.3 is 20.1 Å². The summed E-state index contributed by atoms with van der Waals surface area (Å²) in [6.07, 6.45) is 1.54. The zero-order valence-corrected chi connectivity index (χ0v) is 19.5. The van der Waals surface area contributed by atoms with E-state index in [4.69, 9.17) is 4.74 Å². The van der Waals surface area contributed by atoms with Crippen LogP contribution in [0.3, 0.4) is 0 Å². The molecule has 2 fully saturated rings. The van der Waals surface area contributed by atoms with Crippen LogP contribution in [0.25, 0.3) is 11.1 Å². The van der Waals surface area contributed by atoms with E-state index in [0.717, 1.165) is 24.0 Å². The highest BCUT2D eigenvalue weighted by Crippen LogP contribution is 2.64. The van der Waals surface area contributed by atoms with Gasteiger partial charge in [-0.05, 0) is 61.3 Å². The number of amides is 2. The van der Waals surface area contributed by atoms with Crippen LogP contribution in [0.1, 0.15) is 50.2 Å². The molecule has 2 amide bonds. The maximum atomic E-state index is 13.2. The zero-order chi connectivity index (χ0) is 24.0. The van der Waals surface area contributed by atoms with Crippen molar-refractivity contribution in [2.75, 3.05) is 13.2 Å². The molecule has 3 aliphatic carbocycles. The Balaban J connectivity index is 1.20. The van der Waals surface area contributed by atoms with E-state index in [1.165, 1.54) is 16.0 Å². The van der Waals surface area contributed by atoms with Gasteiger partial charge in [-0.2, -0.15) is 0 Å². The van der Waals surface area contributed by atoms with Gasteiger partial charge in [-0.3, -0.25) is 4.79 Å². The fourth-order valence-corrected chi connectivity index (χ4v) is 6.08. The summed E-state index contributed by atoms with van der Waals surface area (Å²) >= 11 is 0. The smallest absolute Gasteiger partial charge is 0.407 e. The molecule has 1 unspecified atom stereocenters. The molecule has 2 N–H and O–H groups in total. The average Bonchev–Trinajstić information content (AvgIpc) is 3.26. The first kappa shape index (κ1) is 22.4. The summed E-state index contributed by atoms with van der Waals surface area (Å²) < 4.78 is 5.66. The van der Waals surface area contributed by atoms with Gasteiger partial charge in [0.05, 0.1) is 5.41 Å². The second-order valence-electron chi connectivity index (χ2n) is 9.77. The highest BCUT2D eigenvalue weighted by molar-refractivity contribution is 5.90. The van der Waals surface area contributed by atoms with Gasteiger partial charge in [-0.1, -0.05) is 48.5 Å². The minimum Gasteiger partial charge on any atom is -0.480 e. The Kier molecular flexibility index (Phi) is 5.58. The molecular formula is C27H30N2O5. The number of nitrogens with zero attached hydrogens (tertiary/aromatic N) is 1. The van der Waals surface area contributed by atoms with E-state index in [2.05, 4.69) is 29.6 Å². The second-order valence-corrected chi connectivity index (χ2v) is 9.77. The number of nitrogens with one attached hydrogen (secondary N) is 1. The van der Waals surface area contributed by atoms with Crippen molar-refractivity contribution in [2.45, 2.75) is 51.1 Å². The Labute approximate surface area is 199 Å². The van der Waals surface area contributed by atoms with Crippen LogP contribution in [0.5, 0.6) is 0 Å². The number of hydrogen-bond donors (Lipinski definition) is 2. The normalized spacial score (nSPS) is 25.0. The minimum absolute atomic E-state index is 0.00123. The summed E-state index contributed by atoms with van der Waals surface area (Å²) in [5, 5.41) is 12.3. The Hall–Kier alpha value is -3.35. The van der Waals surface area contributed by atoms with Crippen molar-refractivity contribution in [3.05, 3.63) is 59.7 Å². The van der Waals surface area contributed by atoms with Gasteiger partial charge in [0.2, 0.25) is 5.91 Å². The molecule has 3 aliphatic rings. The molecule has 2 aromatic carbocycles. The van der Waals surface area contributed by atoms with Gasteiger partial charge in [0.25, 0.3) is 0 Å². The number of hydrogen-bond acceptors (Lipinski definition) is 4.